The molecule has 3 aromatic rings. The van der Waals surface area contributed by atoms with Gasteiger partial charge in [-0.1, -0.05) is 35.5 Å². The summed E-state index contributed by atoms with van der Waals surface area (Å²) >= 11 is 0. The molecule has 1 saturated heterocycles. The fraction of sp³-hybridized carbons (Fsp3) is 0.286. The summed E-state index contributed by atoms with van der Waals surface area (Å²) in [5, 5.41) is 3.93. The third-order valence-corrected chi connectivity index (χ3v) is 4.69. The van der Waals surface area contributed by atoms with Gasteiger partial charge in [-0.2, -0.15) is 0 Å². The van der Waals surface area contributed by atoms with Crippen LogP contribution in [0.3, 0.4) is 0 Å². The minimum atomic E-state index is -0.428. The summed E-state index contributed by atoms with van der Waals surface area (Å²) in [6, 6.07) is 14.2. The second kappa shape index (κ2) is 7.72. The molecule has 0 N–H and O–H groups in total. The van der Waals surface area contributed by atoms with Gasteiger partial charge in [-0.3, -0.25) is 4.79 Å². The lowest BCUT2D eigenvalue weighted by molar-refractivity contribution is 0.0585. The number of aromatic nitrogens is 1. The number of carbonyl (C=O) groups excluding carboxylic acids is 1. The van der Waals surface area contributed by atoms with Crippen LogP contribution in [0.2, 0.25) is 0 Å². The summed E-state index contributed by atoms with van der Waals surface area (Å²) in [6.07, 6.45) is 1.30. The molecule has 1 amide bonds. The molecule has 1 aliphatic rings. The first-order chi connectivity index (χ1) is 13.6. The lowest BCUT2D eigenvalue weighted by Gasteiger charge is -2.31. The minimum absolute atomic E-state index is 0.0533. The van der Waals surface area contributed by atoms with E-state index in [-0.39, 0.29) is 12.0 Å². The number of ether oxygens (including phenoxy) is 1. The van der Waals surface area contributed by atoms with Gasteiger partial charge in [0.15, 0.2) is 11.5 Å². The Balaban J connectivity index is 1.36. The first-order valence-corrected chi connectivity index (χ1v) is 9.18. The lowest BCUT2D eigenvalue weighted by Crippen LogP contribution is -2.42. The zero-order chi connectivity index (χ0) is 19.5. The first-order valence-electron chi connectivity index (χ1n) is 9.18. The molecule has 1 aliphatic heterocycles. The number of benzene rings is 1. The normalized spacial score (nSPS) is 14.8. The Morgan fingerprint density at radius 3 is 2.61 bits per heavy atom. The molecule has 0 bridgehead atoms. The van der Waals surface area contributed by atoms with Crippen LogP contribution in [-0.4, -0.2) is 35.2 Å². The number of carbonyl (C=O) groups is 1. The van der Waals surface area contributed by atoms with Gasteiger partial charge in [-0.05, 0) is 6.92 Å². The summed E-state index contributed by atoms with van der Waals surface area (Å²) in [5.41, 5.74) is 0.751. The molecular weight excluding hydrogens is 360 g/mol. The number of rotatable bonds is 4. The molecule has 1 aromatic carbocycles. The summed E-state index contributed by atoms with van der Waals surface area (Å²) < 4.78 is 16.1. The van der Waals surface area contributed by atoms with E-state index < -0.39 is 5.63 Å². The van der Waals surface area contributed by atoms with Crippen molar-refractivity contribution in [2.75, 3.05) is 13.1 Å². The van der Waals surface area contributed by atoms with Gasteiger partial charge < -0.3 is 18.6 Å². The maximum absolute atomic E-state index is 12.7. The van der Waals surface area contributed by atoms with Crippen LogP contribution in [0, 0.1) is 6.92 Å². The fourth-order valence-corrected chi connectivity index (χ4v) is 3.29. The Morgan fingerprint density at radius 1 is 1.14 bits per heavy atom. The van der Waals surface area contributed by atoms with Crippen molar-refractivity contribution < 1.29 is 18.5 Å². The number of hydrogen-bond acceptors (Lipinski definition) is 6. The lowest BCUT2D eigenvalue weighted by atomic mass is 10.1. The van der Waals surface area contributed by atoms with Crippen LogP contribution < -0.4 is 10.4 Å². The van der Waals surface area contributed by atoms with E-state index in [4.69, 9.17) is 13.7 Å². The molecule has 7 heteroatoms. The van der Waals surface area contributed by atoms with Crippen LogP contribution in [0.5, 0.6) is 5.75 Å². The quantitative estimate of drug-likeness (QED) is 0.690. The van der Waals surface area contributed by atoms with Crippen molar-refractivity contribution in [3.05, 3.63) is 70.4 Å². The summed E-state index contributed by atoms with van der Waals surface area (Å²) in [6.45, 7) is 2.81. The van der Waals surface area contributed by atoms with Crippen molar-refractivity contribution >= 4 is 5.91 Å². The number of likely N-dealkylation sites (tertiary alicyclic amines) is 1. The van der Waals surface area contributed by atoms with E-state index in [0.29, 0.717) is 48.9 Å². The van der Waals surface area contributed by atoms with Crippen molar-refractivity contribution in [2.24, 2.45) is 0 Å². The minimum Gasteiger partial charge on any atom is -0.490 e. The predicted molar refractivity (Wildman–Crippen MR) is 101 cm³/mol. The highest BCUT2D eigenvalue weighted by molar-refractivity contribution is 5.93. The number of nitrogens with zero attached hydrogens (tertiary/aromatic N) is 2. The fourth-order valence-electron chi connectivity index (χ4n) is 3.29. The molecule has 0 atom stereocenters. The zero-order valence-electron chi connectivity index (χ0n) is 15.5. The molecule has 3 heterocycles. The van der Waals surface area contributed by atoms with Crippen LogP contribution in [0.15, 0.2) is 62.3 Å². The van der Waals surface area contributed by atoms with Crippen LogP contribution in [0.4, 0.5) is 0 Å². The van der Waals surface area contributed by atoms with Gasteiger partial charge >= 0.3 is 5.63 Å². The van der Waals surface area contributed by atoms with Gasteiger partial charge in [0.1, 0.15) is 17.6 Å². The van der Waals surface area contributed by atoms with Gasteiger partial charge in [0.2, 0.25) is 0 Å². The maximum Gasteiger partial charge on any atom is 0.339 e. The van der Waals surface area contributed by atoms with E-state index in [2.05, 4.69) is 5.16 Å². The van der Waals surface area contributed by atoms with E-state index in [1.807, 2.05) is 30.3 Å². The van der Waals surface area contributed by atoms with Gasteiger partial charge in [-0.25, -0.2) is 4.79 Å². The Labute approximate surface area is 161 Å². The molecule has 28 heavy (non-hydrogen) atoms. The highest BCUT2D eigenvalue weighted by Gasteiger charge is 2.27. The third-order valence-electron chi connectivity index (χ3n) is 4.69. The van der Waals surface area contributed by atoms with Crippen molar-refractivity contribution in [1.29, 1.82) is 0 Å². The van der Waals surface area contributed by atoms with Crippen molar-refractivity contribution in [3.8, 4) is 17.1 Å². The van der Waals surface area contributed by atoms with Gasteiger partial charge in [-0.15, -0.1) is 0 Å². The zero-order valence-corrected chi connectivity index (χ0v) is 15.5. The third kappa shape index (κ3) is 3.98. The number of hydrogen-bond donors (Lipinski definition) is 0. The first kappa shape index (κ1) is 18.0. The molecule has 1 fully saturated rings. The van der Waals surface area contributed by atoms with E-state index in [1.165, 1.54) is 6.07 Å². The van der Waals surface area contributed by atoms with Crippen LogP contribution in [0.1, 0.15) is 29.1 Å². The van der Waals surface area contributed by atoms with E-state index in [0.717, 1.165) is 5.56 Å². The number of piperidine rings is 1. The molecule has 0 saturated carbocycles. The Kier molecular flexibility index (Phi) is 4.97. The number of amides is 1. The molecule has 0 spiro atoms. The molecule has 7 nitrogen and oxygen atoms in total. The summed E-state index contributed by atoms with van der Waals surface area (Å²) in [5.74, 6) is 1.43. The predicted octanol–water partition coefficient (Wildman–Crippen LogP) is 3.29. The Bertz CT molecular complexity index is 1020. The van der Waals surface area contributed by atoms with Crippen molar-refractivity contribution in [3.63, 3.8) is 0 Å². The standard InChI is InChI=1S/C21H20N2O5/c1-14-11-17(12-20(24)26-14)27-16-7-9-23(10-8-16)21(25)18-13-19(28-22-18)15-5-3-2-4-6-15/h2-6,11-13,16H,7-10H2,1H3. The Hall–Kier alpha value is -3.35. The number of aryl methyl sites for hydroxylation is 1. The monoisotopic (exact) mass is 380 g/mol. The second-order valence-electron chi connectivity index (χ2n) is 6.77. The van der Waals surface area contributed by atoms with Crippen LogP contribution in [0.25, 0.3) is 11.3 Å². The molecule has 2 aromatic heterocycles. The summed E-state index contributed by atoms with van der Waals surface area (Å²) in [4.78, 5) is 25.9. The smallest absolute Gasteiger partial charge is 0.339 e. The molecule has 0 aliphatic carbocycles. The van der Waals surface area contributed by atoms with Crippen molar-refractivity contribution in [2.45, 2.75) is 25.9 Å². The van der Waals surface area contributed by atoms with Gasteiger partial charge in [0, 0.05) is 43.6 Å². The maximum atomic E-state index is 12.7. The van der Waals surface area contributed by atoms with Crippen LogP contribution in [-0.2, 0) is 0 Å². The van der Waals surface area contributed by atoms with Crippen LogP contribution >= 0.6 is 0 Å². The SMILES string of the molecule is Cc1cc(OC2CCN(C(=O)c3cc(-c4ccccc4)on3)CC2)cc(=O)o1. The average molecular weight is 380 g/mol. The topological polar surface area (TPSA) is 85.8 Å². The highest BCUT2D eigenvalue weighted by Crippen LogP contribution is 2.23. The average Bonchev–Trinajstić information content (AvgIpc) is 3.18. The van der Waals surface area contributed by atoms with E-state index >= 15 is 0 Å². The molecule has 0 unspecified atom stereocenters. The van der Waals surface area contributed by atoms with Gasteiger partial charge in [0.25, 0.3) is 5.91 Å². The second-order valence-corrected chi connectivity index (χ2v) is 6.77. The summed E-state index contributed by atoms with van der Waals surface area (Å²) in [7, 11) is 0. The van der Waals surface area contributed by atoms with Crippen molar-refractivity contribution in [1.82, 2.24) is 10.1 Å². The highest BCUT2D eigenvalue weighted by atomic mass is 16.5. The molecule has 144 valence electrons. The van der Waals surface area contributed by atoms with E-state index in [9.17, 15) is 9.59 Å². The van der Waals surface area contributed by atoms with E-state index in [1.54, 1.807) is 24.0 Å². The molecular formula is C21H20N2O5. The molecule has 0 radical (unpaired) electrons. The largest absolute Gasteiger partial charge is 0.490 e. The van der Waals surface area contributed by atoms with Gasteiger partial charge in [0.05, 0.1) is 6.07 Å². The Morgan fingerprint density at radius 2 is 1.89 bits per heavy atom. The molecule has 4 rings (SSSR count).